The van der Waals surface area contributed by atoms with E-state index in [1.54, 1.807) is 7.11 Å². The van der Waals surface area contributed by atoms with Crippen LogP contribution >= 0.6 is 0 Å². The number of methoxy groups -OCH3 is 1. The number of carbonyl (C=O) groups is 1. The molecule has 7 rings (SSSR count). The summed E-state index contributed by atoms with van der Waals surface area (Å²) in [7, 11) is 3.81. The molecule has 0 atom stereocenters. The third-order valence-electron chi connectivity index (χ3n) is 12.7. The summed E-state index contributed by atoms with van der Waals surface area (Å²) >= 11 is 0. The SMILES string of the molecule is COCCNC(=O)CN1/C(=C/C=C2\CCCC(/C=C/C3=[N+](C)c4ccccc4C3(C)C)=C2NCc2ccc3c(c2)OCCOCCOCCOCCOCCO3)C(C)(C)c2ccccc21. The third kappa shape index (κ3) is 11.8. The van der Waals surface area contributed by atoms with Crippen molar-refractivity contribution in [1.82, 2.24) is 10.6 Å². The summed E-state index contributed by atoms with van der Waals surface area (Å²) in [5, 5.41) is 6.94. The molecule has 65 heavy (non-hydrogen) atoms. The van der Waals surface area contributed by atoms with Crippen LogP contribution in [0.3, 0.4) is 0 Å². The van der Waals surface area contributed by atoms with E-state index in [1.807, 2.05) is 12.1 Å². The van der Waals surface area contributed by atoms with Gasteiger partial charge in [-0.1, -0.05) is 68.5 Å². The molecule has 0 spiro atoms. The Morgan fingerprint density at radius 2 is 1.40 bits per heavy atom. The molecule has 3 aromatic carbocycles. The zero-order chi connectivity index (χ0) is 45.7. The Morgan fingerprint density at radius 3 is 2.09 bits per heavy atom. The molecule has 3 heterocycles. The summed E-state index contributed by atoms with van der Waals surface area (Å²) in [6.07, 6.45) is 12.0. The first-order valence-corrected chi connectivity index (χ1v) is 23.2. The van der Waals surface area contributed by atoms with E-state index in [0.717, 1.165) is 41.9 Å². The molecular formula is C53H69N4O8+. The summed E-state index contributed by atoms with van der Waals surface area (Å²) in [5.41, 5.74) is 11.3. The van der Waals surface area contributed by atoms with Crippen LogP contribution in [0.5, 0.6) is 11.5 Å². The Kier molecular flexibility index (Phi) is 16.7. The predicted octanol–water partition coefficient (Wildman–Crippen LogP) is 7.68. The smallest absolute Gasteiger partial charge is 0.240 e. The average molecular weight is 890 g/mol. The van der Waals surface area contributed by atoms with E-state index >= 15 is 0 Å². The van der Waals surface area contributed by atoms with Crippen molar-refractivity contribution in [3.8, 4) is 11.5 Å². The van der Waals surface area contributed by atoms with Crippen LogP contribution in [-0.4, -0.2) is 116 Å². The molecule has 0 unspecified atom stereocenters. The van der Waals surface area contributed by atoms with Crippen LogP contribution in [0, 0.1) is 0 Å². The van der Waals surface area contributed by atoms with E-state index in [9.17, 15) is 4.79 Å². The van der Waals surface area contributed by atoms with Gasteiger partial charge in [0.2, 0.25) is 11.6 Å². The molecule has 0 saturated carbocycles. The number of para-hydroxylation sites is 2. The number of benzene rings is 3. The minimum atomic E-state index is -0.326. The monoisotopic (exact) mass is 890 g/mol. The lowest BCUT2D eigenvalue weighted by atomic mass is 9.81. The fraction of sp³-hybridized carbons (Fsp3) is 0.472. The third-order valence-corrected chi connectivity index (χ3v) is 12.7. The maximum Gasteiger partial charge on any atom is 0.240 e. The Bertz CT molecular complexity index is 2270. The van der Waals surface area contributed by atoms with Crippen molar-refractivity contribution < 1.29 is 42.5 Å². The van der Waals surface area contributed by atoms with Gasteiger partial charge in [0.05, 0.1) is 64.9 Å². The number of carbonyl (C=O) groups excluding carboxylic acids is 1. The number of fused-ring (bicyclic) bond motifs is 3. The van der Waals surface area contributed by atoms with Gasteiger partial charge in [0.25, 0.3) is 0 Å². The van der Waals surface area contributed by atoms with Crippen LogP contribution in [0.2, 0.25) is 0 Å². The molecule has 1 amide bonds. The maximum absolute atomic E-state index is 13.3. The van der Waals surface area contributed by atoms with Crippen LogP contribution in [-0.2, 0) is 45.9 Å². The van der Waals surface area contributed by atoms with Gasteiger partial charge < -0.3 is 48.7 Å². The molecule has 3 aromatic rings. The normalized spacial score (nSPS) is 20.7. The van der Waals surface area contributed by atoms with Gasteiger partial charge >= 0.3 is 0 Å². The zero-order valence-corrected chi connectivity index (χ0v) is 39.3. The maximum atomic E-state index is 13.3. The highest BCUT2D eigenvalue weighted by atomic mass is 16.6. The second-order valence-corrected chi connectivity index (χ2v) is 17.8. The topological polar surface area (TPSA) is 112 Å². The van der Waals surface area contributed by atoms with E-state index < -0.39 is 0 Å². The van der Waals surface area contributed by atoms with Crippen LogP contribution in [0.1, 0.15) is 63.6 Å². The molecule has 4 aliphatic rings. The van der Waals surface area contributed by atoms with E-state index in [-0.39, 0.29) is 23.3 Å². The Labute approximate surface area is 385 Å². The Balaban J connectivity index is 1.20. The van der Waals surface area contributed by atoms with Gasteiger partial charge in [0, 0.05) is 60.4 Å². The summed E-state index contributed by atoms with van der Waals surface area (Å²) in [6.45, 7) is 15.4. The van der Waals surface area contributed by atoms with E-state index in [1.165, 1.54) is 33.7 Å². The number of anilines is 1. The van der Waals surface area contributed by atoms with Crippen molar-refractivity contribution in [1.29, 1.82) is 0 Å². The molecule has 1 aliphatic carbocycles. The van der Waals surface area contributed by atoms with Crippen molar-refractivity contribution >= 4 is 23.0 Å². The summed E-state index contributed by atoms with van der Waals surface area (Å²) < 4.78 is 42.7. The highest BCUT2D eigenvalue weighted by molar-refractivity contribution is 6.03. The van der Waals surface area contributed by atoms with Crippen molar-refractivity contribution in [2.45, 2.75) is 64.3 Å². The van der Waals surface area contributed by atoms with Gasteiger partial charge in [0.1, 0.15) is 26.8 Å². The molecule has 2 N–H and O–H groups in total. The van der Waals surface area contributed by atoms with Gasteiger partial charge in [-0.15, -0.1) is 0 Å². The summed E-state index contributed by atoms with van der Waals surface area (Å²) in [4.78, 5) is 15.5. The number of amides is 1. The zero-order valence-electron chi connectivity index (χ0n) is 39.3. The van der Waals surface area contributed by atoms with Gasteiger partial charge in [0.15, 0.2) is 17.2 Å². The molecule has 0 saturated heterocycles. The quantitative estimate of drug-likeness (QED) is 0.147. The largest absolute Gasteiger partial charge is 0.487 e. The van der Waals surface area contributed by atoms with Crippen LogP contribution in [0.4, 0.5) is 11.4 Å². The van der Waals surface area contributed by atoms with Gasteiger partial charge in [-0.05, 0) is 79.7 Å². The summed E-state index contributed by atoms with van der Waals surface area (Å²) in [5.74, 6) is 1.27. The number of hydrogen-bond donors (Lipinski definition) is 2. The highest BCUT2D eigenvalue weighted by Gasteiger charge is 2.43. The first-order valence-electron chi connectivity index (χ1n) is 23.2. The fourth-order valence-corrected chi connectivity index (χ4v) is 9.22. The van der Waals surface area contributed by atoms with Gasteiger partial charge in [-0.25, -0.2) is 0 Å². The molecule has 348 valence electrons. The molecule has 0 aromatic heterocycles. The molecule has 12 nitrogen and oxygen atoms in total. The lowest BCUT2D eigenvalue weighted by Crippen LogP contribution is -2.38. The van der Waals surface area contributed by atoms with Crippen LogP contribution in [0.15, 0.2) is 114 Å². The van der Waals surface area contributed by atoms with E-state index in [4.69, 9.17) is 33.2 Å². The summed E-state index contributed by atoms with van der Waals surface area (Å²) in [6, 6.07) is 23.2. The minimum Gasteiger partial charge on any atom is -0.487 e. The number of rotatable bonds is 11. The van der Waals surface area contributed by atoms with Crippen LogP contribution < -0.4 is 25.0 Å². The predicted molar refractivity (Wildman–Crippen MR) is 256 cm³/mol. The second-order valence-electron chi connectivity index (χ2n) is 17.8. The fourth-order valence-electron chi connectivity index (χ4n) is 9.22. The highest BCUT2D eigenvalue weighted by Crippen LogP contribution is 2.48. The lowest BCUT2D eigenvalue weighted by molar-refractivity contribution is -0.401. The molecule has 3 aliphatic heterocycles. The van der Waals surface area contributed by atoms with Crippen molar-refractivity contribution in [2.75, 3.05) is 105 Å². The Hall–Kier alpha value is -5.24. The van der Waals surface area contributed by atoms with E-state index in [0.29, 0.717) is 97.3 Å². The number of nitrogens with one attached hydrogen (secondary N) is 2. The number of hydrogen-bond acceptors (Lipinski definition) is 10. The molecule has 0 radical (unpaired) electrons. The number of allylic oxidation sites excluding steroid dienone is 7. The van der Waals surface area contributed by atoms with E-state index in [2.05, 4.69) is 134 Å². The van der Waals surface area contributed by atoms with Crippen molar-refractivity contribution in [3.05, 3.63) is 130 Å². The average Bonchev–Trinajstić information content (AvgIpc) is 3.63. The molecule has 0 bridgehead atoms. The van der Waals surface area contributed by atoms with Crippen molar-refractivity contribution in [3.63, 3.8) is 0 Å². The second kappa shape index (κ2) is 22.8. The number of ether oxygens (including phenoxy) is 7. The standard InChI is InChI=1S/C53H68N4O8/c1-52(2)42-14-7-9-16-44(42)56(5)48(52)22-19-40-12-11-13-41(20-23-49-53(3,4)43-15-8-10-17-45(43)57(49)38-50(58)54-24-25-59-6)51(40)55-37-39-18-21-46-47(36-39)65-35-33-63-31-29-61-27-26-60-28-30-62-32-34-64-46/h7-10,14-23,36H,11-13,24-35,37-38H2,1-6H3,(H,54,58)/p+1/b41-20+,49-23+. The molecule has 0 fully saturated rings. The van der Waals surface area contributed by atoms with Crippen LogP contribution in [0.25, 0.3) is 0 Å². The molecular weight excluding hydrogens is 821 g/mol. The minimum absolute atomic E-state index is 0.0453. The van der Waals surface area contributed by atoms with Gasteiger partial charge in [-0.2, -0.15) is 4.58 Å². The first-order chi connectivity index (χ1) is 31.6. The first kappa shape index (κ1) is 47.7. The molecule has 12 heteroatoms. The van der Waals surface area contributed by atoms with Crippen molar-refractivity contribution in [2.24, 2.45) is 0 Å². The Morgan fingerprint density at radius 1 is 0.754 bits per heavy atom. The van der Waals surface area contributed by atoms with Gasteiger partial charge in [-0.3, -0.25) is 4.79 Å². The number of nitrogens with zero attached hydrogens (tertiary/aromatic N) is 2. The lowest BCUT2D eigenvalue weighted by Gasteiger charge is -2.27.